The molecule has 26 heavy (non-hydrogen) atoms. The summed E-state index contributed by atoms with van der Waals surface area (Å²) in [6, 6.07) is 3.58. The molecule has 0 fully saturated rings. The Kier molecular flexibility index (Phi) is 6.83. The molecular weight excluding hydrogens is 381 g/mol. The van der Waals surface area contributed by atoms with Crippen molar-refractivity contribution in [1.29, 1.82) is 0 Å². The molecule has 0 radical (unpaired) electrons. The molecule has 4 nitrogen and oxygen atoms in total. The highest BCUT2D eigenvalue weighted by Gasteiger charge is 2.64. The predicted molar refractivity (Wildman–Crippen MR) is 86.8 cm³/mol. The van der Waals surface area contributed by atoms with Crippen molar-refractivity contribution in [3.63, 3.8) is 0 Å². The first kappa shape index (κ1) is 22.4. The van der Waals surface area contributed by atoms with Gasteiger partial charge in [0.05, 0.1) is 0 Å². The van der Waals surface area contributed by atoms with E-state index in [1.807, 2.05) is 0 Å². The fraction of sp³-hybridized carbons (Fsp3) is 0.438. The van der Waals surface area contributed by atoms with Crippen LogP contribution in [0.3, 0.4) is 0 Å². The van der Waals surface area contributed by atoms with E-state index in [-0.39, 0.29) is 12.2 Å². The van der Waals surface area contributed by atoms with Crippen LogP contribution in [0.4, 0.5) is 22.0 Å². The summed E-state index contributed by atoms with van der Waals surface area (Å²) < 4.78 is 84.4. The van der Waals surface area contributed by atoms with E-state index in [0.717, 1.165) is 12.1 Å². The van der Waals surface area contributed by atoms with Crippen LogP contribution in [0, 0.1) is 5.82 Å². The molecule has 0 saturated heterocycles. The molecule has 146 valence electrons. The highest BCUT2D eigenvalue weighted by molar-refractivity contribution is 7.90. The molecule has 10 heteroatoms. The lowest BCUT2D eigenvalue weighted by Crippen LogP contribution is -2.64. The van der Waals surface area contributed by atoms with Crippen molar-refractivity contribution < 1.29 is 36.4 Å². The Hall–Kier alpha value is -1.65. The van der Waals surface area contributed by atoms with Gasteiger partial charge in [0, 0.05) is 23.0 Å². The molecule has 0 aliphatic rings. The highest BCUT2D eigenvalue weighted by atomic mass is 32.2. The largest absolute Gasteiger partial charge is 0.598 e. The molecular formula is C16H18F5NO3S. The fourth-order valence-corrected chi connectivity index (χ4v) is 2.93. The second kappa shape index (κ2) is 7.93. The molecule has 1 rings (SSSR count). The summed E-state index contributed by atoms with van der Waals surface area (Å²) in [5, 5.41) is 8.56. The van der Waals surface area contributed by atoms with E-state index in [2.05, 4.69) is 0 Å². The molecule has 0 aliphatic carbocycles. The van der Waals surface area contributed by atoms with E-state index in [0.29, 0.717) is 12.1 Å². The van der Waals surface area contributed by atoms with Gasteiger partial charge in [0.15, 0.2) is 0 Å². The van der Waals surface area contributed by atoms with Gasteiger partial charge in [0.2, 0.25) is 5.54 Å². The van der Waals surface area contributed by atoms with Crippen molar-refractivity contribution in [2.75, 3.05) is 0 Å². The molecule has 0 saturated carbocycles. The number of aliphatic carboxylic acids is 1. The number of carboxylic acids is 1. The number of hydrogen-bond acceptors (Lipinski definition) is 3. The number of halogens is 5. The Balaban J connectivity index is 3.72. The summed E-state index contributed by atoms with van der Waals surface area (Å²) in [5.41, 5.74) is -4.88. The average Bonchev–Trinajstić information content (AvgIpc) is 2.49. The quantitative estimate of drug-likeness (QED) is 0.417. The van der Waals surface area contributed by atoms with Gasteiger partial charge in [0.1, 0.15) is 10.6 Å². The monoisotopic (exact) mass is 399 g/mol. The highest BCUT2D eigenvalue weighted by Crippen LogP contribution is 2.45. The van der Waals surface area contributed by atoms with Crippen LogP contribution in [0.5, 0.6) is 0 Å². The first-order chi connectivity index (χ1) is 11.8. The number of hydrogen-bond donors (Lipinski definition) is 2. The van der Waals surface area contributed by atoms with Gasteiger partial charge in [-0.25, -0.2) is 18.0 Å². The maximum atomic E-state index is 14.8. The van der Waals surface area contributed by atoms with E-state index in [1.165, 1.54) is 20.8 Å². The Morgan fingerprint density at radius 1 is 1.27 bits per heavy atom. The van der Waals surface area contributed by atoms with Crippen LogP contribution < -0.4 is 4.72 Å². The summed E-state index contributed by atoms with van der Waals surface area (Å²) in [6.07, 6.45) is -4.24. The summed E-state index contributed by atoms with van der Waals surface area (Å²) in [5.74, 6) is -7.78. The molecule has 2 N–H and O–H groups in total. The van der Waals surface area contributed by atoms with Crippen molar-refractivity contribution in [2.45, 2.75) is 43.4 Å². The molecule has 0 amide bonds. The fourth-order valence-electron chi connectivity index (χ4n) is 2.00. The third-order valence-corrected chi connectivity index (χ3v) is 5.02. The van der Waals surface area contributed by atoms with Gasteiger partial charge < -0.3 is 9.66 Å². The number of alkyl halides is 4. The Bertz CT molecular complexity index is 678. The van der Waals surface area contributed by atoms with E-state index in [4.69, 9.17) is 5.11 Å². The topological polar surface area (TPSA) is 72.4 Å². The lowest BCUT2D eigenvalue weighted by Gasteiger charge is -2.40. The standard InChI is InChI=1S/C16H18F5NO3S/c1-14(2,3)26(25)22-16(13(18)19,10-6-4-5-7-11(10)17)15(20,21)9-8-12(23)24/h4-9,13,22H,1-3H3,(H,23,24)/t16-,26+/m0/s1. The zero-order chi connectivity index (χ0) is 20.3. The first-order valence-corrected chi connectivity index (χ1v) is 8.43. The molecule has 1 aromatic rings. The number of carbonyl (C=O) groups is 1. The minimum Gasteiger partial charge on any atom is -0.598 e. The predicted octanol–water partition coefficient (Wildman–Crippen LogP) is 3.61. The Morgan fingerprint density at radius 2 is 1.81 bits per heavy atom. The molecule has 0 bridgehead atoms. The van der Waals surface area contributed by atoms with Crippen molar-refractivity contribution in [3.8, 4) is 0 Å². The van der Waals surface area contributed by atoms with Crippen LogP contribution in [-0.2, 0) is 21.7 Å². The van der Waals surface area contributed by atoms with Crippen LogP contribution in [0.1, 0.15) is 26.3 Å². The molecule has 1 aromatic carbocycles. The SMILES string of the molecule is CC(C)(C)[S@@+]([O-])N[C@@](c1ccccc1F)(C(F)F)C(F)(F)C=CC(=O)O. The van der Waals surface area contributed by atoms with Gasteiger partial charge in [-0.05, 0) is 32.9 Å². The maximum absolute atomic E-state index is 14.8. The van der Waals surface area contributed by atoms with Crippen molar-refractivity contribution in [2.24, 2.45) is 0 Å². The summed E-state index contributed by atoms with van der Waals surface area (Å²) in [4.78, 5) is 10.6. The summed E-state index contributed by atoms with van der Waals surface area (Å²) in [7, 11) is 0. The van der Waals surface area contributed by atoms with E-state index in [9.17, 15) is 31.3 Å². The van der Waals surface area contributed by atoms with Crippen molar-refractivity contribution in [3.05, 3.63) is 47.8 Å². The summed E-state index contributed by atoms with van der Waals surface area (Å²) >= 11 is -2.45. The number of carboxylic acid groups (broad SMARTS) is 1. The van der Waals surface area contributed by atoms with Crippen molar-refractivity contribution >= 4 is 17.3 Å². The summed E-state index contributed by atoms with van der Waals surface area (Å²) in [6.45, 7) is 4.04. The van der Waals surface area contributed by atoms with E-state index in [1.54, 1.807) is 4.72 Å². The van der Waals surface area contributed by atoms with Gasteiger partial charge >= 0.3 is 5.97 Å². The van der Waals surface area contributed by atoms with Crippen LogP contribution >= 0.6 is 0 Å². The zero-order valence-electron chi connectivity index (χ0n) is 14.1. The number of benzene rings is 1. The van der Waals surface area contributed by atoms with Crippen LogP contribution in [0.25, 0.3) is 0 Å². The van der Waals surface area contributed by atoms with Crippen LogP contribution in [0.15, 0.2) is 36.4 Å². The second-order valence-electron chi connectivity index (χ2n) is 6.37. The third kappa shape index (κ3) is 4.54. The van der Waals surface area contributed by atoms with Gasteiger partial charge in [-0.2, -0.15) is 8.78 Å². The minimum atomic E-state index is -4.59. The average molecular weight is 399 g/mol. The van der Waals surface area contributed by atoms with E-state index < -0.39 is 51.3 Å². The number of nitrogens with one attached hydrogen (secondary N) is 1. The molecule has 0 aromatic heterocycles. The van der Waals surface area contributed by atoms with Crippen LogP contribution in [-0.4, -0.2) is 32.7 Å². The van der Waals surface area contributed by atoms with Crippen LogP contribution in [0.2, 0.25) is 0 Å². The third-order valence-electron chi connectivity index (χ3n) is 3.40. The molecule has 0 spiro atoms. The maximum Gasteiger partial charge on any atom is 0.328 e. The lowest BCUT2D eigenvalue weighted by atomic mass is 9.84. The first-order valence-electron chi connectivity index (χ1n) is 7.28. The lowest BCUT2D eigenvalue weighted by molar-refractivity contribution is -0.132. The normalized spacial score (nSPS) is 16.7. The molecule has 0 heterocycles. The second-order valence-corrected chi connectivity index (χ2v) is 8.33. The molecule has 0 unspecified atom stereocenters. The van der Waals surface area contributed by atoms with Gasteiger partial charge in [-0.15, -0.1) is 4.72 Å². The van der Waals surface area contributed by atoms with Gasteiger partial charge in [-0.3, -0.25) is 0 Å². The Morgan fingerprint density at radius 3 is 2.23 bits per heavy atom. The molecule has 2 atom stereocenters. The smallest absolute Gasteiger partial charge is 0.328 e. The van der Waals surface area contributed by atoms with Gasteiger partial charge in [0.25, 0.3) is 12.3 Å². The Labute approximate surface area is 150 Å². The minimum absolute atomic E-state index is 0.0281. The van der Waals surface area contributed by atoms with Crippen molar-refractivity contribution in [1.82, 2.24) is 4.72 Å². The number of rotatable bonds is 7. The van der Waals surface area contributed by atoms with E-state index >= 15 is 0 Å². The van der Waals surface area contributed by atoms with Gasteiger partial charge in [-0.1, -0.05) is 18.2 Å². The molecule has 0 aliphatic heterocycles. The zero-order valence-corrected chi connectivity index (χ0v) is 14.9.